The van der Waals surface area contributed by atoms with Crippen LogP contribution in [0.1, 0.15) is 17.5 Å². The molecule has 1 heterocycles. The van der Waals surface area contributed by atoms with Crippen LogP contribution in [0.25, 0.3) is 0 Å². The number of furan rings is 1. The maximum Gasteiger partial charge on any atom is 0.296 e. The van der Waals surface area contributed by atoms with Crippen molar-refractivity contribution < 1.29 is 22.4 Å². The number of carbonyl (C=O) groups excluding carboxylic acids is 2. The molecule has 0 saturated carbocycles. The van der Waals surface area contributed by atoms with Gasteiger partial charge in [0.05, 0.1) is 0 Å². The molecule has 19 heavy (non-hydrogen) atoms. The summed E-state index contributed by atoms with van der Waals surface area (Å²) in [5.41, 5.74) is 5.30. The van der Waals surface area contributed by atoms with Crippen LogP contribution >= 0.6 is 0 Å². The standard InChI is InChI=1S/C10H15N3O5S/c1-7(14)13(6-5-11)10(15)8-3-4-9(18-8)19(16,17)12-2/h3-4,12H,5-6,11H2,1-2H3. The van der Waals surface area contributed by atoms with Crippen molar-refractivity contribution in [1.29, 1.82) is 0 Å². The van der Waals surface area contributed by atoms with Crippen LogP contribution in [0.3, 0.4) is 0 Å². The molecule has 0 radical (unpaired) electrons. The van der Waals surface area contributed by atoms with E-state index in [-0.39, 0.29) is 18.8 Å². The van der Waals surface area contributed by atoms with Crippen molar-refractivity contribution in [3.05, 3.63) is 17.9 Å². The summed E-state index contributed by atoms with van der Waals surface area (Å²) in [6.07, 6.45) is 0. The van der Waals surface area contributed by atoms with Crippen LogP contribution in [0.4, 0.5) is 0 Å². The van der Waals surface area contributed by atoms with Crippen LogP contribution in [-0.4, -0.2) is 45.3 Å². The molecule has 0 aromatic carbocycles. The van der Waals surface area contributed by atoms with E-state index in [1.807, 2.05) is 0 Å². The fourth-order valence-corrected chi connectivity index (χ4v) is 1.99. The number of carbonyl (C=O) groups is 2. The smallest absolute Gasteiger partial charge is 0.296 e. The Hall–Kier alpha value is -1.71. The molecule has 2 amide bonds. The lowest BCUT2D eigenvalue weighted by molar-refractivity contribution is -0.126. The Morgan fingerprint density at radius 3 is 2.53 bits per heavy atom. The molecule has 0 aliphatic rings. The maximum atomic E-state index is 11.9. The van der Waals surface area contributed by atoms with E-state index in [2.05, 4.69) is 4.72 Å². The second-order valence-electron chi connectivity index (χ2n) is 3.59. The third-order valence-electron chi connectivity index (χ3n) is 2.30. The minimum absolute atomic E-state index is 0.0307. The topological polar surface area (TPSA) is 123 Å². The number of nitrogens with one attached hydrogen (secondary N) is 1. The highest BCUT2D eigenvalue weighted by Gasteiger charge is 2.24. The Bertz CT molecular complexity index is 578. The summed E-state index contributed by atoms with van der Waals surface area (Å²) in [5, 5.41) is -0.394. The summed E-state index contributed by atoms with van der Waals surface area (Å²) < 4.78 is 29.9. The highest BCUT2D eigenvalue weighted by Crippen LogP contribution is 2.15. The van der Waals surface area contributed by atoms with Gasteiger partial charge in [-0.05, 0) is 19.2 Å². The Balaban J connectivity index is 3.04. The molecule has 0 saturated heterocycles. The van der Waals surface area contributed by atoms with Gasteiger partial charge in [0.1, 0.15) is 0 Å². The lowest BCUT2D eigenvalue weighted by Crippen LogP contribution is -2.38. The molecule has 3 N–H and O–H groups in total. The van der Waals surface area contributed by atoms with Crippen molar-refractivity contribution in [1.82, 2.24) is 9.62 Å². The number of amides is 2. The molecule has 0 unspecified atom stereocenters. The van der Waals surface area contributed by atoms with Crippen LogP contribution in [0.2, 0.25) is 0 Å². The number of hydrogen-bond donors (Lipinski definition) is 2. The van der Waals surface area contributed by atoms with Crippen molar-refractivity contribution in [2.45, 2.75) is 12.0 Å². The molecular weight excluding hydrogens is 274 g/mol. The predicted octanol–water partition coefficient (Wildman–Crippen LogP) is -0.865. The molecule has 1 aromatic heterocycles. The number of sulfonamides is 1. The minimum Gasteiger partial charge on any atom is -0.438 e. The molecule has 9 heteroatoms. The van der Waals surface area contributed by atoms with Gasteiger partial charge in [-0.2, -0.15) is 0 Å². The van der Waals surface area contributed by atoms with Crippen molar-refractivity contribution in [2.75, 3.05) is 20.1 Å². The Kier molecular flexibility index (Phi) is 4.81. The van der Waals surface area contributed by atoms with E-state index < -0.39 is 26.9 Å². The van der Waals surface area contributed by atoms with Crippen molar-refractivity contribution in [2.24, 2.45) is 5.73 Å². The van der Waals surface area contributed by atoms with Gasteiger partial charge in [0, 0.05) is 20.0 Å². The van der Waals surface area contributed by atoms with Gasteiger partial charge < -0.3 is 10.2 Å². The van der Waals surface area contributed by atoms with Crippen LogP contribution < -0.4 is 10.5 Å². The molecule has 106 valence electrons. The van der Waals surface area contributed by atoms with Crippen molar-refractivity contribution in [3.63, 3.8) is 0 Å². The molecular formula is C10H15N3O5S. The molecule has 0 aliphatic heterocycles. The van der Waals surface area contributed by atoms with Gasteiger partial charge in [-0.25, -0.2) is 13.1 Å². The van der Waals surface area contributed by atoms with E-state index in [4.69, 9.17) is 10.2 Å². The van der Waals surface area contributed by atoms with Crippen LogP contribution in [-0.2, 0) is 14.8 Å². The third-order valence-corrected chi connectivity index (χ3v) is 3.59. The molecule has 0 atom stereocenters. The monoisotopic (exact) mass is 289 g/mol. The molecule has 1 rings (SSSR count). The first kappa shape index (κ1) is 15.3. The van der Waals surface area contributed by atoms with Gasteiger partial charge in [-0.1, -0.05) is 0 Å². The Labute approximate surface area is 110 Å². The molecule has 0 spiro atoms. The summed E-state index contributed by atoms with van der Waals surface area (Å²) in [6, 6.07) is 2.33. The first-order valence-electron chi connectivity index (χ1n) is 5.39. The number of hydrogen-bond acceptors (Lipinski definition) is 6. The summed E-state index contributed by atoms with van der Waals surface area (Å²) in [6.45, 7) is 1.35. The van der Waals surface area contributed by atoms with Gasteiger partial charge in [0.2, 0.25) is 11.0 Å². The zero-order valence-corrected chi connectivity index (χ0v) is 11.4. The van der Waals surface area contributed by atoms with Crippen LogP contribution in [0, 0.1) is 0 Å². The first-order chi connectivity index (χ1) is 8.83. The van der Waals surface area contributed by atoms with Gasteiger partial charge in [0.25, 0.3) is 15.9 Å². The Morgan fingerprint density at radius 1 is 1.42 bits per heavy atom. The van der Waals surface area contributed by atoms with Gasteiger partial charge in [0.15, 0.2) is 5.76 Å². The van der Waals surface area contributed by atoms with Gasteiger partial charge in [-0.15, -0.1) is 0 Å². The fraction of sp³-hybridized carbons (Fsp3) is 0.400. The average Bonchev–Trinajstić information content (AvgIpc) is 2.85. The first-order valence-corrected chi connectivity index (χ1v) is 6.87. The molecule has 0 fully saturated rings. The molecule has 8 nitrogen and oxygen atoms in total. The normalized spacial score (nSPS) is 11.3. The summed E-state index contributed by atoms with van der Waals surface area (Å²) >= 11 is 0. The summed E-state index contributed by atoms with van der Waals surface area (Å²) in [5.74, 6) is -1.46. The lowest BCUT2D eigenvalue weighted by atomic mass is 10.3. The number of nitrogens with zero attached hydrogens (tertiary/aromatic N) is 1. The second-order valence-corrected chi connectivity index (χ2v) is 5.41. The van der Waals surface area contributed by atoms with Crippen LogP contribution in [0.5, 0.6) is 0 Å². The number of nitrogens with two attached hydrogens (primary N) is 1. The zero-order valence-electron chi connectivity index (χ0n) is 10.5. The third kappa shape index (κ3) is 3.40. The zero-order chi connectivity index (χ0) is 14.6. The highest BCUT2D eigenvalue weighted by atomic mass is 32.2. The maximum absolute atomic E-state index is 11.9. The van der Waals surface area contributed by atoms with E-state index in [0.717, 1.165) is 11.0 Å². The second kappa shape index (κ2) is 5.95. The van der Waals surface area contributed by atoms with E-state index in [1.54, 1.807) is 0 Å². The van der Waals surface area contributed by atoms with E-state index in [0.29, 0.717) is 0 Å². The molecule has 0 bridgehead atoms. The predicted molar refractivity (Wildman–Crippen MR) is 65.7 cm³/mol. The van der Waals surface area contributed by atoms with Crippen molar-refractivity contribution >= 4 is 21.8 Å². The molecule has 1 aromatic rings. The van der Waals surface area contributed by atoms with E-state index >= 15 is 0 Å². The van der Waals surface area contributed by atoms with E-state index in [1.165, 1.54) is 20.0 Å². The number of rotatable bonds is 5. The lowest BCUT2D eigenvalue weighted by Gasteiger charge is -2.16. The summed E-state index contributed by atoms with van der Waals surface area (Å²) in [7, 11) is -2.55. The summed E-state index contributed by atoms with van der Waals surface area (Å²) in [4.78, 5) is 24.1. The van der Waals surface area contributed by atoms with Gasteiger partial charge >= 0.3 is 0 Å². The average molecular weight is 289 g/mol. The largest absolute Gasteiger partial charge is 0.438 e. The quantitative estimate of drug-likeness (QED) is 0.726. The Morgan fingerprint density at radius 2 is 2.05 bits per heavy atom. The number of imide groups is 1. The highest BCUT2D eigenvalue weighted by molar-refractivity contribution is 7.89. The van der Waals surface area contributed by atoms with Crippen LogP contribution in [0.15, 0.2) is 21.6 Å². The fourth-order valence-electron chi connectivity index (χ4n) is 1.34. The minimum atomic E-state index is -3.77. The SMILES string of the molecule is CNS(=O)(=O)c1ccc(C(=O)N(CCN)C(C)=O)o1. The van der Waals surface area contributed by atoms with Crippen molar-refractivity contribution in [3.8, 4) is 0 Å². The van der Waals surface area contributed by atoms with E-state index in [9.17, 15) is 18.0 Å². The molecule has 0 aliphatic carbocycles. The van der Waals surface area contributed by atoms with Gasteiger partial charge in [-0.3, -0.25) is 14.5 Å².